The van der Waals surface area contributed by atoms with Crippen LogP contribution in [-0.4, -0.2) is 33.7 Å². The van der Waals surface area contributed by atoms with Crippen LogP contribution in [0, 0.1) is 0 Å². The normalized spacial score (nSPS) is 10.4. The Morgan fingerprint density at radius 3 is 2.29 bits per heavy atom. The molecule has 3 N–H and O–H groups in total. The minimum Gasteiger partial charge on any atom is -0.508 e. The third kappa shape index (κ3) is 4.04. The largest absolute Gasteiger partial charge is 0.508 e. The number of carboxylic acids is 1. The third-order valence-electron chi connectivity index (χ3n) is 3.49. The van der Waals surface area contributed by atoms with Crippen molar-refractivity contribution in [2.45, 2.75) is 19.8 Å². The number of ketones is 1. The Bertz CT molecular complexity index is 749. The molecule has 2 aromatic carbocycles. The van der Waals surface area contributed by atoms with Crippen molar-refractivity contribution in [1.82, 2.24) is 0 Å². The van der Waals surface area contributed by atoms with Gasteiger partial charge in [-0.2, -0.15) is 0 Å². The molecule has 0 aliphatic carbocycles. The number of aromatic hydroxyl groups is 2. The molecule has 0 saturated heterocycles. The van der Waals surface area contributed by atoms with Crippen LogP contribution in [-0.2, 0) is 6.42 Å². The SMILES string of the molecule is CCCc1cc(C(=O)COc2ccc(C(=O)O)cc2)c(O)cc1O. The molecule has 0 aliphatic rings. The number of aromatic carboxylic acids is 1. The van der Waals surface area contributed by atoms with E-state index in [2.05, 4.69) is 0 Å². The maximum Gasteiger partial charge on any atom is 0.335 e. The van der Waals surface area contributed by atoms with Crippen LogP contribution in [0.4, 0.5) is 0 Å². The van der Waals surface area contributed by atoms with Gasteiger partial charge in [-0.25, -0.2) is 4.79 Å². The van der Waals surface area contributed by atoms with E-state index in [1.807, 2.05) is 6.92 Å². The molecule has 0 heterocycles. The lowest BCUT2D eigenvalue weighted by molar-refractivity contribution is 0.0696. The number of aryl methyl sites for hydroxylation is 1. The first kappa shape index (κ1) is 17.3. The van der Waals surface area contributed by atoms with Crippen LogP contribution < -0.4 is 4.74 Å². The molecular formula is C18H18O6. The van der Waals surface area contributed by atoms with Crippen LogP contribution in [0.15, 0.2) is 36.4 Å². The number of Topliss-reactive ketones (excluding diaryl/α,β-unsaturated/α-hetero) is 1. The second-order valence-corrected chi connectivity index (χ2v) is 5.29. The molecule has 0 radical (unpaired) electrons. The topological polar surface area (TPSA) is 104 Å². The van der Waals surface area contributed by atoms with E-state index in [1.165, 1.54) is 30.3 Å². The van der Waals surface area contributed by atoms with Gasteiger partial charge in [0.1, 0.15) is 17.2 Å². The molecule has 6 nitrogen and oxygen atoms in total. The molecule has 0 unspecified atom stereocenters. The summed E-state index contributed by atoms with van der Waals surface area (Å²) in [5.41, 5.74) is 0.789. The van der Waals surface area contributed by atoms with Gasteiger partial charge in [-0.3, -0.25) is 4.79 Å². The third-order valence-corrected chi connectivity index (χ3v) is 3.49. The molecule has 6 heteroatoms. The summed E-state index contributed by atoms with van der Waals surface area (Å²) in [4.78, 5) is 23.0. The van der Waals surface area contributed by atoms with Gasteiger partial charge in [0.2, 0.25) is 5.78 Å². The number of rotatable bonds is 7. The van der Waals surface area contributed by atoms with Crippen molar-refractivity contribution in [3.63, 3.8) is 0 Å². The van der Waals surface area contributed by atoms with Gasteiger partial charge < -0.3 is 20.1 Å². The zero-order valence-corrected chi connectivity index (χ0v) is 13.2. The summed E-state index contributed by atoms with van der Waals surface area (Å²) < 4.78 is 5.33. The van der Waals surface area contributed by atoms with Crippen LogP contribution in [0.2, 0.25) is 0 Å². The van der Waals surface area contributed by atoms with E-state index < -0.39 is 11.8 Å². The standard InChI is InChI=1S/C18H18O6/c1-2-3-12-8-14(16(20)9-15(12)19)17(21)10-24-13-6-4-11(5-7-13)18(22)23/h4-9,19-20H,2-3,10H2,1H3,(H,22,23). The molecule has 0 aromatic heterocycles. The van der Waals surface area contributed by atoms with Crippen LogP contribution >= 0.6 is 0 Å². The fourth-order valence-corrected chi connectivity index (χ4v) is 2.24. The van der Waals surface area contributed by atoms with Gasteiger partial charge in [0.05, 0.1) is 11.1 Å². The van der Waals surface area contributed by atoms with Crippen molar-refractivity contribution >= 4 is 11.8 Å². The van der Waals surface area contributed by atoms with Crippen LogP contribution in [0.5, 0.6) is 17.2 Å². The fourth-order valence-electron chi connectivity index (χ4n) is 2.24. The summed E-state index contributed by atoms with van der Waals surface area (Å²) in [6, 6.07) is 8.28. The number of hydrogen-bond acceptors (Lipinski definition) is 5. The predicted molar refractivity (Wildman–Crippen MR) is 87.0 cm³/mol. The zero-order chi connectivity index (χ0) is 17.7. The molecule has 0 amide bonds. The van der Waals surface area contributed by atoms with Gasteiger partial charge in [0.15, 0.2) is 6.61 Å². The maximum atomic E-state index is 12.2. The van der Waals surface area contributed by atoms with Crippen molar-refractivity contribution in [2.75, 3.05) is 6.61 Å². The highest BCUT2D eigenvalue weighted by molar-refractivity contribution is 6.00. The Morgan fingerprint density at radius 2 is 1.71 bits per heavy atom. The molecule has 0 saturated carbocycles. The highest BCUT2D eigenvalue weighted by Gasteiger charge is 2.16. The van der Waals surface area contributed by atoms with Crippen LogP contribution in [0.1, 0.15) is 39.6 Å². The quantitative estimate of drug-likeness (QED) is 0.674. The van der Waals surface area contributed by atoms with Gasteiger partial charge in [0, 0.05) is 6.07 Å². The van der Waals surface area contributed by atoms with Gasteiger partial charge in [-0.1, -0.05) is 13.3 Å². The molecule has 0 aliphatic heterocycles. The van der Waals surface area contributed by atoms with Crippen molar-refractivity contribution in [3.8, 4) is 17.2 Å². The lowest BCUT2D eigenvalue weighted by atomic mass is 10.0. The summed E-state index contributed by atoms with van der Waals surface area (Å²) in [5.74, 6) is -1.49. The summed E-state index contributed by atoms with van der Waals surface area (Å²) in [6.07, 6.45) is 1.38. The number of carbonyl (C=O) groups excluding carboxylic acids is 1. The molecule has 2 rings (SSSR count). The van der Waals surface area contributed by atoms with E-state index in [0.717, 1.165) is 12.5 Å². The first-order valence-electron chi connectivity index (χ1n) is 7.46. The Kier molecular flexibility index (Phi) is 5.42. The summed E-state index contributed by atoms with van der Waals surface area (Å²) in [7, 11) is 0. The van der Waals surface area contributed by atoms with Crippen molar-refractivity contribution in [3.05, 3.63) is 53.1 Å². The second-order valence-electron chi connectivity index (χ2n) is 5.29. The fraction of sp³-hybridized carbons (Fsp3) is 0.222. The van der Waals surface area contributed by atoms with Crippen molar-refractivity contribution in [2.24, 2.45) is 0 Å². The lowest BCUT2D eigenvalue weighted by Gasteiger charge is -2.10. The van der Waals surface area contributed by atoms with Crippen molar-refractivity contribution in [1.29, 1.82) is 0 Å². The lowest BCUT2D eigenvalue weighted by Crippen LogP contribution is -2.12. The molecule has 126 valence electrons. The first-order valence-corrected chi connectivity index (χ1v) is 7.46. The minimum absolute atomic E-state index is 0.0453. The monoisotopic (exact) mass is 330 g/mol. The highest BCUT2D eigenvalue weighted by atomic mass is 16.5. The molecule has 0 fully saturated rings. The average Bonchev–Trinajstić information content (AvgIpc) is 2.55. The summed E-state index contributed by atoms with van der Waals surface area (Å²) >= 11 is 0. The Labute approximate surface area is 138 Å². The number of phenols is 2. The average molecular weight is 330 g/mol. The van der Waals surface area contributed by atoms with Gasteiger partial charge in [-0.15, -0.1) is 0 Å². The second kappa shape index (κ2) is 7.50. The number of benzene rings is 2. The van der Waals surface area contributed by atoms with Crippen molar-refractivity contribution < 1.29 is 29.6 Å². The number of carbonyl (C=O) groups is 2. The zero-order valence-electron chi connectivity index (χ0n) is 13.2. The molecule has 24 heavy (non-hydrogen) atoms. The number of hydrogen-bond donors (Lipinski definition) is 3. The Morgan fingerprint density at radius 1 is 1.04 bits per heavy atom. The number of carboxylic acid groups (broad SMARTS) is 1. The molecule has 0 atom stereocenters. The summed E-state index contributed by atoms with van der Waals surface area (Å²) in [6.45, 7) is 1.63. The maximum absolute atomic E-state index is 12.2. The highest BCUT2D eigenvalue weighted by Crippen LogP contribution is 2.28. The Balaban J connectivity index is 2.09. The summed E-state index contributed by atoms with van der Waals surface area (Å²) in [5, 5.41) is 28.4. The number of phenolic OH excluding ortho intramolecular Hbond substituents is 2. The molecular weight excluding hydrogens is 312 g/mol. The smallest absolute Gasteiger partial charge is 0.335 e. The Hall–Kier alpha value is -3.02. The van der Waals surface area contributed by atoms with Gasteiger partial charge in [-0.05, 0) is 42.3 Å². The van der Waals surface area contributed by atoms with Gasteiger partial charge in [0.25, 0.3) is 0 Å². The van der Waals surface area contributed by atoms with E-state index in [1.54, 1.807) is 0 Å². The number of ether oxygens (including phenoxy) is 1. The van der Waals surface area contributed by atoms with E-state index in [4.69, 9.17) is 9.84 Å². The molecule has 2 aromatic rings. The van der Waals surface area contributed by atoms with E-state index in [-0.39, 0.29) is 29.2 Å². The first-order chi connectivity index (χ1) is 11.4. The minimum atomic E-state index is -1.05. The van der Waals surface area contributed by atoms with E-state index in [9.17, 15) is 19.8 Å². The van der Waals surface area contributed by atoms with Gasteiger partial charge >= 0.3 is 5.97 Å². The van der Waals surface area contributed by atoms with E-state index >= 15 is 0 Å². The van der Waals surface area contributed by atoms with Crippen LogP contribution in [0.3, 0.4) is 0 Å². The molecule has 0 spiro atoms. The molecule has 0 bridgehead atoms. The van der Waals surface area contributed by atoms with Crippen LogP contribution in [0.25, 0.3) is 0 Å². The van der Waals surface area contributed by atoms with E-state index in [0.29, 0.717) is 17.7 Å². The predicted octanol–water partition coefficient (Wildman–Crippen LogP) is 3.01.